The molecule has 0 radical (unpaired) electrons. The van der Waals surface area contributed by atoms with Crippen molar-refractivity contribution in [3.05, 3.63) is 5.82 Å². The molecule has 0 aliphatic heterocycles. The molecule has 0 aliphatic carbocycles. The van der Waals surface area contributed by atoms with Crippen molar-refractivity contribution in [2.45, 2.75) is 13.0 Å². The molecule has 1 N–H and O–H groups in total. The third kappa shape index (κ3) is 3.27. The fourth-order valence-electron chi connectivity index (χ4n) is 0.786. The minimum atomic E-state index is 0.695. The van der Waals surface area contributed by atoms with Gasteiger partial charge in [-0.2, -0.15) is 4.80 Å². The Kier molecular flexibility index (Phi) is 4.16. The number of hydrogen-bond donors (Lipinski definition) is 1. The van der Waals surface area contributed by atoms with E-state index in [2.05, 4.69) is 36.7 Å². The van der Waals surface area contributed by atoms with Crippen molar-refractivity contribution in [1.29, 1.82) is 0 Å². The van der Waals surface area contributed by atoms with Gasteiger partial charge in [0.25, 0.3) is 0 Å². The van der Waals surface area contributed by atoms with Gasteiger partial charge in [-0.3, -0.25) is 0 Å². The topological polar surface area (TPSA) is 55.6 Å². The van der Waals surface area contributed by atoms with Crippen molar-refractivity contribution in [3.63, 3.8) is 0 Å². The van der Waals surface area contributed by atoms with Gasteiger partial charge in [0, 0.05) is 5.33 Å². The molecule has 0 spiro atoms. The summed E-state index contributed by atoms with van der Waals surface area (Å²) < 4.78 is 0. The second-order valence-corrected chi connectivity index (χ2v) is 3.21. The zero-order valence-electron chi connectivity index (χ0n) is 7.00. The van der Waals surface area contributed by atoms with Gasteiger partial charge in [0.2, 0.25) is 0 Å². The highest BCUT2D eigenvalue weighted by atomic mass is 79.9. The standard InChI is InChI=1S/C6H12BrN5/c1-12-10-6(9-11-12)5-8-4-2-3-7/h8H,2-5H2,1H3. The monoisotopic (exact) mass is 233 g/mol. The van der Waals surface area contributed by atoms with E-state index in [1.807, 2.05) is 0 Å². The smallest absolute Gasteiger partial charge is 0.188 e. The van der Waals surface area contributed by atoms with Crippen molar-refractivity contribution < 1.29 is 0 Å². The lowest BCUT2D eigenvalue weighted by atomic mass is 10.5. The van der Waals surface area contributed by atoms with Gasteiger partial charge in [0.15, 0.2) is 5.82 Å². The lowest BCUT2D eigenvalue weighted by molar-refractivity contribution is 0.618. The van der Waals surface area contributed by atoms with Crippen LogP contribution < -0.4 is 5.32 Å². The van der Waals surface area contributed by atoms with Crippen molar-refractivity contribution in [3.8, 4) is 0 Å². The molecular formula is C6H12BrN5. The maximum absolute atomic E-state index is 4.03. The molecule has 12 heavy (non-hydrogen) atoms. The Morgan fingerprint density at radius 3 is 3.00 bits per heavy atom. The van der Waals surface area contributed by atoms with Crippen molar-refractivity contribution in [2.75, 3.05) is 11.9 Å². The average molecular weight is 234 g/mol. The van der Waals surface area contributed by atoms with Gasteiger partial charge in [-0.15, -0.1) is 10.2 Å². The lowest BCUT2D eigenvalue weighted by Gasteiger charge is -1.97. The van der Waals surface area contributed by atoms with E-state index in [0.717, 1.165) is 24.1 Å². The Bertz CT molecular complexity index is 223. The van der Waals surface area contributed by atoms with Crippen LogP contribution in [-0.2, 0) is 13.6 Å². The molecule has 0 fully saturated rings. The van der Waals surface area contributed by atoms with Crippen LogP contribution in [0.4, 0.5) is 0 Å². The van der Waals surface area contributed by atoms with E-state index >= 15 is 0 Å². The van der Waals surface area contributed by atoms with Gasteiger partial charge in [-0.1, -0.05) is 15.9 Å². The van der Waals surface area contributed by atoms with Gasteiger partial charge < -0.3 is 5.32 Å². The molecule has 1 aromatic heterocycles. The molecule has 0 aliphatic rings. The molecule has 0 unspecified atom stereocenters. The van der Waals surface area contributed by atoms with E-state index in [-0.39, 0.29) is 0 Å². The normalized spacial score (nSPS) is 10.5. The third-order valence-corrected chi connectivity index (χ3v) is 1.88. The predicted octanol–water partition coefficient (Wildman–Crippen LogP) is 0.0847. The molecule has 0 bridgehead atoms. The number of hydrogen-bond acceptors (Lipinski definition) is 4. The molecule has 0 atom stereocenters. The first-order valence-electron chi connectivity index (χ1n) is 3.82. The highest BCUT2D eigenvalue weighted by Gasteiger charge is 1.97. The molecule has 5 nitrogen and oxygen atoms in total. The molecule has 1 aromatic rings. The van der Waals surface area contributed by atoms with Crippen molar-refractivity contribution in [1.82, 2.24) is 25.5 Å². The quantitative estimate of drug-likeness (QED) is 0.579. The summed E-state index contributed by atoms with van der Waals surface area (Å²) in [6, 6.07) is 0. The fraction of sp³-hybridized carbons (Fsp3) is 0.833. The Hall–Kier alpha value is -0.490. The molecule has 1 heterocycles. The Balaban J connectivity index is 2.15. The minimum absolute atomic E-state index is 0.695. The summed E-state index contributed by atoms with van der Waals surface area (Å²) in [5.41, 5.74) is 0. The molecule has 68 valence electrons. The average Bonchev–Trinajstić information content (AvgIpc) is 2.45. The summed E-state index contributed by atoms with van der Waals surface area (Å²) in [7, 11) is 1.76. The lowest BCUT2D eigenvalue weighted by Crippen LogP contribution is -2.16. The Labute approximate surface area is 79.7 Å². The number of nitrogens with one attached hydrogen (secondary N) is 1. The molecule has 0 saturated carbocycles. The van der Waals surface area contributed by atoms with Crippen LogP contribution in [0.25, 0.3) is 0 Å². The molecule has 1 rings (SSSR count). The molecule has 6 heteroatoms. The molecule has 0 amide bonds. The van der Waals surface area contributed by atoms with Crippen LogP contribution in [0.2, 0.25) is 0 Å². The van der Waals surface area contributed by atoms with Gasteiger partial charge in [0.05, 0.1) is 13.6 Å². The van der Waals surface area contributed by atoms with E-state index in [9.17, 15) is 0 Å². The van der Waals surface area contributed by atoms with E-state index in [1.165, 1.54) is 4.80 Å². The highest BCUT2D eigenvalue weighted by molar-refractivity contribution is 9.09. The maximum Gasteiger partial charge on any atom is 0.188 e. The highest BCUT2D eigenvalue weighted by Crippen LogP contribution is 1.87. The first-order chi connectivity index (χ1) is 5.83. The second kappa shape index (κ2) is 5.21. The van der Waals surface area contributed by atoms with E-state index in [0.29, 0.717) is 6.54 Å². The first kappa shape index (κ1) is 9.60. The summed E-state index contributed by atoms with van der Waals surface area (Å²) in [6.07, 6.45) is 1.11. The summed E-state index contributed by atoms with van der Waals surface area (Å²) in [5.74, 6) is 0.743. The number of alkyl halides is 1. The van der Waals surface area contributed by atoms with Gasteiger partial charge in [-0.05, 0) is 18.2 Å². The van der Waals surface area contributed by atoms with Crippen LogP contribution in [0.1, 0.15) is 12.2 Å². The van der Waals surface area contributed by atoms with Crippen LogP contribution in [-0.4, -0.2) is 32.1 Å². The number of aromatic nitrogens is 4. The predicted molar refractivity (Wildman–Crippen MR) is 48.9 cm³/mol. The second-order valence-electron chi connectivity index (χ2n) is 2.41. The van der Waals surface area contributed by atoms with Crippen LogP contribution in [0.15, 0.2) is 0 Å². The van der Waals surface area contributed by atoms with Gasteiger partial charge in [0.1, 0.15) is 0 Å². The van der Waals surface area contributed by atoms with E-state index in [4.69, 9.17) is 0 Å². The third-order valence-electron chi connectivity index (χ3n) is 1.32. The fourth-order valence-corrected chi connectivity index (χ4v) is 1.07. The minimum Gasteiger partial charge on any atom is -0.310 e. The van der Waals surface area contributed by atoms with Crippen LogP contribution >= 0.6 is 15.9 Å². The summed E-state index contributed by atoms with van der Waals surface area (Å²) in [4.78, 5) is 1.46. The zero-order valence-corrected chi connectivity index (χ0v) is 8.58. The number of tetrazole rings is 1. The van der Waals surface area contributed by atoms with Crippen LogP contribution in [0.5, 0.6) is 0 Å². The maximum atomic E-state index is 4.03. The number of nitrogens with zero attached hydrogens (tertiary/aromatic N) is 4. The number of halogens is 1. The summed E-state index contributed by atoms with van der Waals surface area (Å²) in [6.45, 7) is 1.67. The molecular weight excluding hydrogens is 222 g/mol. The number of aryl methyl sites for hydroxylation is 1. The first-order valence-corrected chi connectivity index (χ1v) is 4.94. The summed E-state index contributed by atoms with van der Waals surface area (Å²) >= 11 is 3.35. The Morgan fingerprint density at radius 1 is 1.58 bits per heavy atom. The van der Waals surface area contributed by atoms with Crippen molar-refractivity contribution >= 4 is 15.9 Å². The summed E-state index contributed by atoms with van der Waals surface area (Å²) in [5, 5.41) is 15.8. The largest absolute Gasteiger partial charge is 0.310 e. The van der Waals surface area contributed by atoms with E-state index in [1.54, 1.807) is 7.05 Å². The SMILES string of the molecule is Cn1nnc(CNCCCBr)n1. The molecule has 0 saturated heterocycles. The Morgan fingerprint density at radius 2 is 2.42 bits per heavy atom. The van der Waals surface area contributed by atoms with Gasteiger partial charge >= 0.3 is 0 Å². The zero-order chi connectivity index (χ0) is 8.81. The van der Waals surface area contributed by atoms with Crippen molar-refractivity contribution in [2.24, 2.45) is 7.05 Å². The number of rotatable bonds is 5. The van der Waals surface area contributed by atoms with Crippen LogP contribution in [0.3, 0.4) is 0 Å². The van der Waals surface area contributed by atoms with Gasteiger partial charge in [-0.25, -0.2) is 0 Å². The molecule has 0 aromatic carbocycles. The van der Waals surface area contributed by atoms with Crippen LogP contribution in [0, 0.1) is 0 Å². The van der Waals surface area contributed by atoms with E-state index < -0.39 is 0 Å².